The highest BCUT2D eigenvalue weighted by molar-refractivity contribution is 5.87. The summed E-state index contributed by atoms with van der Waals surface area (Å²) in [6, 6.07) is 0. The molecule has 1 atom stereocenters. The number of methoxy groups -OCH3 is 1. The largest absolute Gasteiger partial charge is 0.465 e. The third-order valence-electron chi connectivity index (χ3n) is 2.81. The van der Waals surface area contributed by atoms with E-state index >= 15 is 0 Å². The van der Waals surface area contributed by atoms with Crippen LogP contribution in [-0.4, -0.2) is 63.0 Å². The van der Waals surface area contributed by atoms with E-state index in [0.29, 0.717) is 0 Å². The van der Waals surface area contributed by atoms with E-state index in [0.717, 1.165) is 0 Å². The molecule has 1 unspecified atom stereocenters. The van der Waals surface area contributed by atoms with Crippen LogP contribution in [0.25, 0.3) is 0 Å². The molecule has 0 saturated carbocycles. The van der Waals surface area contributed by atoms with Gasteiger partial charge in [0.2, 0.25) is 6.73 Å². The van der Waals surface area contributed by atoms with Gasteiger partial charge in [-0.15, -0.1) is 0 Å². The molecule has 0 aliphatic carbocycles. The molecule has 7 nitrogen and oxygen atoms in total. The van der Waals surface area contributed by atoms with Crippen LogP contribution in [0.4, 0.5) is 0 Å². The van der Waals surface area contributed by atoms with Crippen molar-refractivity contribution in [2.75, 3.05) is 40.6 Å². The SMILES string of the molecule is C=C(C)C(=O)OCC[N+](C)(COC(=O)C(=C)C)CC(=O)OC. The van der Waals surface area contributed by atoms with Crippen LogP contribution in [0.1, 0.15) is 13.8 Å². The van der Waals surface area contributed by atoms with Crippen LogP contribution in [0.2, 0.25) is 0 Å². The minimum Gasteiger partial charge on any atom is -0.465 e. The Labute approximate surface area is 130 Å². The molecule has 0 spiro atoms. The van der Waals surface area contributed by atoms with Crippen molar-refractivity contribution in [3.63, 3.8) is 0 Å². The third kappa shape index (κ3) is 7.58. The molecule has 0 N–H and O–H groups in total. The maximum atomic E-state index is 11.5. The second-order valence-electron chi connectivity index (χ2n) is 5.33. The number of rotatable bonds is 9. The van der Waals surface area contributed by atoms with E-state index in [1.165, 1.54) is 14.0 Å². The molecule has 124 valence electrons. The van der Waals surface area contributed by atoms with Crippen molar-refractivity contribution < 1.29 is 33.1 Å². The molecule has 22 heavy (non-hydrogen) atoms. The molecule has 0 aromatic rings. The van der Waals surface area contributed by atoms with E-state index in [9.17, 15) is 14.4 Å². The predicted molar refractivity (Wildman–Crippen MR) is 79.5 cm³/mol. The minimum absolute atomic E-state index is 0.0230. The highest BCUT2D eigenvalue weighted by Crippen LogP contribution is 2.06. The van der Waals surface area contributed by atoms with Crippen LogP contribution in [0.15, 0.2) is 24.3 Å². The quantitative estimate of drug-likeness (QED) is 0.206. The molecule has 0 fully saturated rings. The van der Waals surface area contributed by atoms with Crippen LogP contribution in [0.5, 0.6) is 0 Å². The molecule has 0 heterocycles. The maximum Gasteiger partial charge on any atom is 0.361 e. The van der Waals surface area contributed by atoms with Crippen molar-refractivity contribution in [2.45, 2.75) is 13.8 Å². The van der Waals surface area contributed by atoms with E-state index in [1.807, 2.05) is 0 Å². The summed E-state index contributed by atoms with van der Waals surface area (Å²) < 4.78 is 14.7. The van der Waals surface area contributed by atoms with Crippen LogP contribution >= 0.6 is 0 Å². The van der Waals surface area contributed by atoms with Crippen molar-refractivity contribution in [3.05, 3.63) is 24.3 Å². The molecule has 0 amide bonds. The minimum atomic E-state index is -0.548. The van der Waals surface area contributed by atoms with Crippen LogP contribution in [0.3, 0.4) is 0 Å². The topological polar surface area (TPSA) is 78.9 Å². The van der Waals surface area contributed by atoms with Gasteiger partial charge in [0.15, 0.2) is 6.54 Å². The lowest BCUT2D eigenvalue weighted by molar-refractivity contribution is -0.919. The second-order valence-corrected chi connectivity index (χ2v) is 5.33. The fraction of sp³-hybridized carbons (Fsp3) is 0.533. The Kier molecular flexibility index (Phi) is 8.11. The van der Waals surface area contributed by atoms with Gasteiger partial charge in [0.1, 0.15) is 13.2 Å². The normalized spacial score (nSPS) is 12.7. The van der Waals surface area contributed by atoms with Gasteiger partial charge in [0.05, 0.1) is 14.2 Å². The lowest BCUT2D eigenvalue weighted by Crippen LogP contribution is -2.52. The number of likely N-dealkylation sites (N-methyl/N-ethyl adjacent to an activating group) is 1. The molecule has 0 saturated heterocycles. The first-order valence-electron chi connectivity index (χ1n) is 6.67. The van der Waals surface area contributed by atoms with Crippen molar-refractivity contribution in [2.24, 2.45) is 0 Å². The smallest absolute Gasteiger partial charge is 0.361 e. The number of hydrogen-bond donors (Lipinski definition) is 0. The molecule has 0 aromatic heterocycles. The molecule has 0 aliphatic heterocycles. The number of hydrogen-bond acceptors (Lipinski definition) is 6. The summed E-state index contributed by atoms with van der Waals surface area (Å²) >= 11 is 0. The lowest BCUT2D eigenvalue weighted by Gasteiger charge is -2.32. The first-order chi connectivity index (χ1) is 10.1. The summed E-state index contributed by atoms with van der Waals surface area (Å²) in [5.74, 6) is -1.52. The van der Waals surface area contributed by atoms with Crippen LogP contribution in [0, 0.1) is 0 Å². The average molecular weight is 314 g/mol. The monoisotopic (exact) mass is 314 g/mol. The van der Waals surface area contributed by atoms with Gasteiger partial charge in [-0.3, -0.25) is 4.48 Å². The number of ether oxygens (including phenoxy) is 3. The zero-order valence-corrected chi connectivity index (χ0v) is 13.6. The molecular formula is C15H24NO6+. The molecule has 0 aromatic carbocycles. The van der Waals surface area contributed by atoms with E-state index in [4.69, 9.17) is 9.47 Å². The molecule has 7 heteroatoms. The van der Waals surface area contributed by atoms with Gasteiger partial charge in [0.25, 0.3) is 0 Å². The van der Waals surface area contributed by atoms with Gasteiger partial charge < -0.3 is 14.2 Å². The highest BCUT2D eigenvalue weighted by Gasteiger charge is 2.28. The Balaban J connectivity index is 4.68. The van der Waals surface area contributed by atoms with E-state index in [-0.39, 0.29) is 42.1 Å². The molecule has 0 radical (unpaired) electrons. The van der Waals surface area contributed by atoms with Crippen molar-refractivity contribution in [1.82, 2.24) is 0 Å². The Morgan fingerprint density at radius 3 is 1.95 bits per heavy atom. The number of esters is 3. The average Bonchev–Trinajstić information content (AvgIpc) is 2.44. The molecular weight excluding hydrogens is 290 g/mol. The maximum absolute atomic E-state index is 11.5. The van der Waals surface area contributed by atoms with Crippen LogP contribution < -0.4 is 0 Å². The first-order valence-corrected chi connectivity index (χ1v) is 6.67. The number of quaternary nitrogens is 1. The van der Waals surface area contributed by atoms with Gasteiger partial charge in [-0.2, -0.15) is 0 Å². The fourth-order valence-corrected chi connectivity index (χ4v) is 1.39. The Morgan fingerprint density at radius 2 is 1.50 bits per heavy atom. The molecule has 0 rings (SSSR count). The van der Waals surface area contributed by atoms with E-state index in [1.54, 1.807) is 14.0 Å². The van der Waals surface area contributed by atoms with Crippen molar-refractivity contribution >= 4 is 17.9 Å². The summed E-state index contributed by atoms with van der Waals surface area (Å²) in [4.78, 5) is 34.3. The number of nitrogens with zero attached hydrogens (tertiary/aromatic N) is 1. The zero-order chi connectivity index (χ0) is 17.3. The van der Waals surface area contributed by atoms with Gasteiger partial charge in [-0.25, -0.2) is 14.4 Å². The second kappa shape index (κ2) is 8.99. The lowest BCUT2D eigenvalue weighted by atomic mass is 10.3. The van der Waals surface area contributed by atoms with Crippen molar-refractivity contribution in [3.8, 4) is 0 Å². The number of carbonyl (C=O) groups excluding carboxylic acids is 3. The molecule has 0 aliphatic rings. The number of carbonyl (C=O) groups is 3. The first kappa shape index (κ1) is 19.9. The summed E-state index contributed by atoms with van der Waals surface area (Å²) in [7, 11) is 2.96. The fourth-order valence-electron chi connectivity index (χ4n) is 1.39. The Bertz CT molecular complexity index is 471. The van der Waals surface area contributed by atoms with Crippen LogP contribution in [-0.2, 0) is 28.6 Å². The third-order valence-corrected chi connectivity index (χ3v) is 2.81. The molecule has 0 bridgehead atoms. The van der Waals surface area contributed by atoms with Gasteiger partial charge in [-0.05, 0) is 13.8 Å². The summed E-state index contributed by atoms with van der Waals surface area (Å²) in [5.41, 5.74) is 0.550. The summed E-state index contributed by atoms with van der Waals surface area (Å²) in [5, 5.41) is 0. The van der Waals surface area contributed by atoms with E-state index in [2.05, 4.69) is 17.9 Å². The van der Waals surface area contributed by atoms with Gasteiger partial charge in [0, 0.05) is 11.1 Å². The van der Waals surface area contributed by atoms with Gasteiger partial charge in [-0.1, -0.05) is 13.2 Å². The van der Waals surface area contributed by atoms with Gasteiger partial charge >= 0.3 is 17.9 Å². The predicted octanol–water partition coefficient (Wildman–Crippen LogP) is 0.802. The highest BCUT2D eigenvalue weighted by atomic mass is 16.6. The Morgan fingerprint density at radius 1 is 1.00 bits per heavy atom. The Hall–Kier alpha value is -2.15. The van der Waals surface area contributed by atoms with E-state index < -0.39 is 17.9 Å². The van der Waals surface area contributed by atoms with Crippen molar-refractivity contribution in [1.29, 1.82) is 0 Å². The zero-order valence-electron chi connectivity index (χ0n) is 13.6. The summed E-state index contributed by atoms with van der Waals surface area (Å²) in [6.45, 7) is 10.3. The summed E-state index contributed by atoms with van der Waals surface area (Å²) in [6.07, 6.45) is 0. The standard InChI is InChI=1S/C15H24NO6/c1-11(2)14(18)21-8-7-16(5,9-13(17)20-6)10-22-15(19)12(3)4/h1,3,7-10H2,2,4-6H3/q+1.